The van der Waals surface area contributed by atoms with E-state index in [1.807, 2.05) is 0 Å². The van der Waals surface area contributed by atoms with Gasteiger partial charge in [-0.3, -0.25) is 4.79 Å². The zero-order chi connectivity index (χ0) is 13.9. The number of rotatable bonds is 3. The predicted octanol–water partition coefficient (Wildman–Crippen LogP) is 0.642. The van der Waals surface area contributed by atoms with Crippen molar-refractivity contribution in [3.63, 3.8) is 0 Å². The topological polar surface area (TPSA) is 88.2 Å². The molecule has 0 spiro atoms. The van der Waals surface area contributed by atoms with E-state index < -0.39 is 5.41 Å². The SMILES string of the molecule is COC1CN(C(=O)C(C)(C)C(N)=NO)CCC1C. The normalized spacial score (nSPS) is 26.2. The van der Waals surface area contributed by atoms with Crippen LogP contribution in [0.25, 0.3) is 0 Å². The highest BCUT2D eigenvalue weighted by Crippen LogP contribution is 2.25. The molecule has 2 atom stereocenters. The minimum absolute atomic E-state index is 0.0470. The Kier molecular flexibility index (Phi) is 4.56. The van der Waals surface area contributed by atoms with Crippen molar-refractivity contribution in [3.05, 3.63) is 0 Å². The van der Waals surface area contributed by atoms with Crippen molar-refractivity contribution in [2.45, 2.75) is 33.3 Å². The maximum Gasteiger partial charge on any atom is 0.236 e. The van der Waals surface area contributed by atoms with E-state index in [0.717, 1.165) is 6.42 Å². The van der Waals surface area contributed by atoms with E-state index >= 15 is 0 Å². The van der Waals surface area contributed by atoms with Crippen molar-refractivity contribution in [3.8, 4) is 0 Å². The number of nitrogens with two attached hydrogens (primary N) is 1. The molecule has 18 heavy (non-hydrogen) atoms. The lowest BCUT2D eigenvalue weighted by Crippen LogP contribution is -2.53. The molecule has 6 nitrogen and oxygen atoms in total. The highest BCUT2D eigenvalue weighted by Gasteiger charge is 2.39. The molecule has 0 radical (unpaired) electrons. The summed E-state index contributed by atoms with van der Waals surface area (Å²) in [6.07, 6.45) is 0.946. The second kappa shape index (κ2) is 5.56. The van der Waals surface area contributed by atoms with Crippen molar-refractivity contribution >= 4 is 11.7 Å². The molecule has 0 saturated carbocycles. The number of ether oxygens (including phenoxy) is 1. The van der Waals surface area contributed by atoms with Gasteiger partial charge in [-0.05, 0) is 26.2 Å². The summed E-state index contributed by atoms with van der Waals surface area (Å²) < 4.78 is 5.38. The van der Waals surface area contributed by atoms with E-state index in [9.17, 15) is 4.79 Å². The number of piperidine rings is 1. The van der Waals surface area contributed by atoms with Gasteiger partial charge >= 0.3 is 0 Å². The summed E-state index contributed by atoms with van der Waals surface area (Å²) in [5.74, 6) is 0.234. The number of amides is 1. The quantitative estimate of drug-likeness (QED) is 0.336. The average Bonchev–Trinajstić information content (AvgIpc) is 2.37. The van der Waals surface area contributed by atoms with Crippen molar-refractivity contribution in [1.82, 2.24) is 4.90 Å². The maximum absolute atomic E-state index is 12.4. The van der Waals surface area contributed by atoms with Crippen LogP contribution in [0.1, 0.15) is 27.2 Å². The van der Waals surface area contributed by atoms with Crippen molar-refractivity contribution in [2.24, 2.45) is 22.2 Å². The molecule has 6 heteroatoms. The Morgan fingerprint density at radius 3 is 2.67 bits per heavy atom. The Labute approximate surface area is 108 Å². The zero-order valence-corrected chi connectivity index (χ0v) is 11.5. The third-order valence-electron chi connectivity index (χ3n) is 3.76. The largest absolute Gasteiger partial charge is 0.409 e. The molecular weight excluding hydrogens is 234 g/mol. The third kappa shape index (κ3) is 2.75. The Hall–Kier alpha value is -1.30. The van der Waals surface area contributed by atoms with E-state index in [2.05, 4.69) is 12.1 Å². The molecule has 1 saturated heterocycles. The molecule has 0 bridgehead atoms. The fourth-order valence-electron chi connectivity index (χ4n) is 2.15. The Morgan fingerprint density at radius 1 is 1.56 bits per heavy atom. The van der Waals surface area contributed by atoms with Gasteiger partial charge in [0, 0.05) is 20.2 Å². The molecular formula is C12H23N3O3. The lowest BCUT2D eigenvalue weighted by molar-refractivity contribution is -0.142. The van der Waals surface area contributed by atoms with Crippen LogP contribution in [0.5, 0.6) is 0 Å². The molecule has 1 aliphatic heterocycles. The number of hydrogen-bond donors (Lipinski definition) is 2. The first-order valence-corrected chi connectivity index (χ1v) is 6.14. The van der Waals surface area contributed by atoms with Crippen LogP contribution in [0, 0.1) is 11.3 Å². The highest BCUT2D eigenvalue weighted by atomic mass is 16.5. The summed E-state index contributed by atoms with van der Waals surface area (Å²) in [5.41, 5.74) is 4.58. The fraction of sp³-hybridized carbons (Fsp3) is 0.833. The van der Waals surface area contributed by atoms with Crippen LogP contribution < -0.4 is 5.73 Å². The number of methoxy groups -OCH3 is 1. The number of oxime groups is 1. The first-order valence-electron chi connectivity index (χ1n) is 6.14. The average molecular weight is 257 g/mol. The van der Waals surface area contributed by atoms with Crippen LogP contribution in [0.15, 0.2) is 5.16 Å². The molecule has 1 fully saturated rings. The molecule has 1 rings (SSSR count). The zero-order valence-electron chi connectivity index (χ0n) is 11.5. The van der Waals surface area contributed by atoms with E-state index in [1.54, 1.807) is 25.9 Å². The van der Waals surface area contributed by atoms with Crippen molar-refractivity contribution < 1.29 is 14.7 Å². The van der Waals surface area contributed by atoms with E-state index in [4.69, 9.17) is 15.7 Å². The minimum Gasteiger partial charge on any atom is -0.409 e. The minimum atomic E-state index is -0.992. The summed E-state index contributed by atoms with van der Waals surface area (Å²) in [4.78, 5) is 14.1. The van der Waals surface area contributed by atoms with Crippen LogP contribution >= 0.6 is 0 Å². The van der Waals surface area contributed by atoms with E-state index in [0.29, 0.717) is 19.0 Å². The Balaban J connectivity index is 2.79. The molecule has 0 aromatic carbocycles. The van der Waals surface area contributed by atoms with Crippen LogP contribution in [0.4, 0.5) is 0 Å². The summed E-state index contributed by atoms with van der Waals surface area (Å²) in [6.45, 7) is 6.67. The lowest BCUT2D eigenvalue weighted by atomic mass is 9.87. The Bertz CT molecular complexity index is 341. The number of nitrogens with zero attached hydrogens (tertiary/aromatic N) is 2. The van der Waals surface area contributed by atoms with Crippen LogP contribution in [-0.2, 0) is 9.53 Å². The summed E-state index contributed by atoms with van der Waals surface area (Å²) in [5, 5.41) is 11.7. The second-order valence-electron chi connectivity index (χ2n) is 5.40. The van der Waals surface area contributed by atoms with Crippen LogP contribution in [-0.4, -0.2) is 48.2 Å². The number of carbonyl (C=O) groups is 1. The summed E-state index contributed by atoms with van der Waals surface area (Å²) in [6, 6.07) is 0. The van der Waals surface area contributed by atoms with E-state index in [-0.39, 0.29) is 17.8 Å². The van der Waals surface area contributed by atoms with Gasteiger partial charge in [-0.1, -0.05) is 12.1 Å². The molecule has 1 amide bonds. The number of amidine groups is 1. The number of likely N-dealkylation sites (tertiary alicyclic amines) is 1. The molecule has 1 aliphatic rings. The molecule has 104 valence electrons. The molecule has 0 aromatic rings. The molecule has 0 aromatic heterocycles. The molecule has 0 aliphatic carbocycles. The fourth-order valence-corrected chi connectivity index (χ4v) is 2.15. The van der Waals surface area contributed by atoms with Gasteiger partial charge in [-0.25, -0.2) is 0 Å². The number of carbonyl (C=O) groups excluding carboxylic acids is 1. The van der Waals surface area contributed by atoms with Crippen molar-refractivity contribution in [2.75, 3.05) is 20.2 Å². The van der Waals surface area contributed by atoms with Gasteiger partial charge in [0.05, 0.1) is 6.10 Å². The smallest absolute Gasteiger partial charge is 0.236 e. The highest BCUT2D eigenvalue weighted by molar-refractivity contribution is 6.05. The standard InChI is InChI=1S/C12H23N3O3/c1-8-5-6-15(7-9(8)18-4)11(16)12(2,3)10(13)14-17/h8-9,17H,5-7H2,1-4H3,(H2,13,14). The van der Waals surface area contributed by atoms with Gasteiger partial charge in [-0.2, -0.15) is 0 Å². The second-order valence-corrected chi connectivity index (χ2v) is 5.40. The maximum atomic E-state index is 12.4. The summed E-state index contributed by atoms with van der Waals surface area (Å²) >= 11 is 0. The van der Waals surface area contributed by atoms with Crippen molar-refractivity contribution in [1.29, 1.82) is 0 Å². The Morgan fingerprint density at radius 2 is 2.17 bits per heavy atom. The number of hydrogen-bond acceptors (Lipinski definition) is 4. The monoisotopic (exact) mass is 257 g/mol. The van der Waals surface area contributed by atoms with Gasteiger partial charge in [-0.15, -0.1) is 0 Å². The van der Waals surface area contributed by atoms with Gasteiger partial charge in [0.2, 0.25) is 5.91 Å². The molecule has 1 heterocycles. The van der Waals surface area contributed by atoms with E-state index in [1.165, 1.54) is 0 Å². The lowest BCUT2D eigenvalue weighted by Gasteiger charge is -2.39. The van der Waals surface area contributed by atoms with Gasteiger partial charge < -0.3 is 20.6 Å². The molecule has 3 N–H and O–H groups in total. The summed E-state index contributed by atoms with van der Waals surface area (Å²) in [7, 11) is 1.66. The first kappa shape index (κ1) is 14.8. The van der Waals surface area contributed by atoms with Gasteiger partial charge in [0.1, 0.15) is 5.41 Å². The van der Waals surface area contributed by atoms with Crippen LogP contribution in [0.2, 0.25) is 0 Å². The van der Waals surface area contributed by atoms with Gasteiger partial charge in [0.15, 0.2) is 5.84 Å². The third-order valence-corrected chi connectivity index (χ3v) is 3.76. The first-order chi connectivity index (χ1) is 8.34. The molecule has 2 unspecified atom stereocenters. The predicted molar refractivity (Wildman–Crippen MR) is 68.3 cm³/mol. The van der Waals surface area contributed by atoms with Crippen LogP contribution in [0.3, 0.4) is 0 Å². The van der Waals surface area contributed by atoms with Gasteiger partial charge in [0.25, 0.3) is 0 Å².